The topological polar surface area (TPSA) is 234 Å². The number of primary amides is 1. The quantitative estimate of drug-likeness (QED) is 0.0856. The number of rotatable bonds is 17. The predicted octanol–water partition coefficient (Wildman–Crippen LogP) is 3.54. The normalized spacial score (nSPS) is 14.7. The number of pyridine rings is 1. The number of nitrogens with zero attached hydrogens (tertiary/aromatic N) is 3. The molecule has 2 heterocycles. The van der Waals surface area contributed by atoms with Gasteiger partial charge in [-0.25, -0.2) is 18.8 Å². The lowest BCUT2D eigenvalue weighted by molar-refractivity contribution is -0.128. The number of benzene rings is 2. The van der Waals surface area contributed by atoms with Crippen LogP contribution in [0.25, 0.3) is 10.9 Å². The van der Waals surface area contributed by atoms with Gasteiger partial charge in [0.15, 0.2) is 0 Å². The molecule has 3 aromatic rings. The van der Waals surface area contributed by atoms with Crippen molar-refractivity contribution in [1.29, 1.82) is 0 Å². The summed E-state index contributed by atoms with van der Waals surface area (Å²) in [5.41, 5.74) is 6.25. The van der Waals surface area contributed by atoms with Crippen LogP contribution in [0.3, 0.4) is 0 Å². The van der Waals surface area contributed by atoms with Crippen LogP contribution in [0, 0.1) is 17.7 Å². The van der Waals surface area contributed by atoms with Gasteiger partial charge in [-0.3, -0.25) is 19.2 Å². The molecule has 1 saturated heterocycles. The van der Waals surface area contributed by atoms with Crippen molar-refractivity contribution in [2.75, 3.05) is 42.9 Å². The highest BCUT2D eigenvalue weighted by Crippen LogP contribution is 2.27. The maximum Gasteiger partial charge on any atom is 0.410 e. The van der Waals surface area contributed by atoms with Gasteiger partial charge in [0.05, 0.1) is 11.2 Å². The third-order valence-corrected chi connectivity index (χ3v) is 10.4. The molecule has 59 heavy (non-hydrogen) atoms. The number of carboxylic acid groups (broad SMARTS) is 1. The minimum Gasteiger partial charge on any atom is -0.477 e. The molecule has 7 N–H and O–H groups in total. The molecule has 17 nitrogen and oxygen atoms in total. The van der Waals surface area contributed by atoms with Gasteiger partial charge in [0, 0.05) is 75.4 Å². The van der Waals surface area contributed by atoms with Gasteiger partial charge in [0.2, 0.25) is 23.2 Å². The van der Waals surface area contributed by atoms with E-state index in [4.69, 9.17) is 10.5 Å². The number of nitrogens with one attached hydrogen (secondary N) is 4. The first kappa shape index (κ1) is 45.2. The predicted molar refractivity (Wildman–Crippen MR) is 219 cm³/mol. The molecule has 0 bridgehead atoms. The number of aromatic carboxylic acids is 1. The number of hydrogen-bond donors (Lipinski definition) is 6. The number of carbonyl (C=O) groups excluding carboxylic acids is 5. The Morgan fingerprint density at radius 3 is 2.22 bits per heavy atom. The second kappa shape index (κ2) is 20.3. The molecule has 1 aromatic heterocycles. The van der Waals surface area contributed by atoms with Gasteiger partial charge in [-0.05, 0) is 74.9 Å². The summed E-state index contributed by atoms with van der Waals surface area (Å²) >= 11 is 0. The Hall–Kier alpha value is -6.46. The Balaban J connectivity index is 1.33. The number of hydrogen-bond acceptors (Lipinski definition) is 9. The number of ether oxygens (including phenoxy) is 1. The fraction of sp³-hybridized carbons (Fsp3) is 0.439. The molecular weight excluding hydrogens is 767 g/mol. The first-order valence-electron chi connectivity index (χ1n) is 19.3. The summed E-state index contributed by atoms with van der Waals surface area (Å²) in [6.45, 7) is 13.7. The van der Waals surface area contributed by atoms with Crippen molar-refractivity contribution in [2.45, 2.75) is 72.7 Å². The zero-order chi connectivity index (χ0) is 43.6. The highest BCUT2D eigenvalue weighted by atomic mass is 19.1. The van der Waals surface area contributed by atoms with Gasteiger partial charge in [-0.1, -0.05) is 25.6 Å². The molecule has 0 spiro atoms. The summed E-state index contributed by atoms with van der Waals surface area (Å²) in [4.78, 5) is 90.0. The van der Waals surface area contributed by atoms with E-state index in [2.05, 4.69) is 27.8 Å². The summed E-state index contributed by atoms with van der Waals surface area (Å²) < 4.78 is 22.5. The number of anilines is 2. The number of urea groups is 1. The van der Waals surface area contributed by atoms with Crippen molar-refractivity contribution in [2.24, 2.45) is 17.6 Å². The van der Waals surface area contributed by atoms with E-state index in [1.54, 1.807) is 61.4 Å². The van der Waals surface area contributed by atoms with E-state index in [0.717, 1.165) is 6.07 Å². The molecular formula is C41H53FN8O9. The second-order valence-electron chi connectivity index (χ2n) is 14.7. The number of nitrogens with two attached hydrogens (primary N) is 1. The van der Waals surface area contributed by atoms with Crippen LogP contribution < -0.4 is 37.3 Å². The van der Waals surface area contributed by atoms with Gasteiger partial charge in [0.25, 0.3) is 0 Å². The van der Waals surface area contributed by atoms with Crippen molar-refractivity contribution in [3.8, 4) is 0 Å². The summed E-state index contributed by atoms with van der Waals surface area (Å²) in [6, 6.07) is 7.23. The molecule has 4 rings (SSSR count). The van der Waals surface area contributed by atoms with Gasteiger partial charge in [0.1, 0.15) is 24.0 Å². The van der Waals surface area contributed by atoms with Crippen molar-refractivity contribution in [3.05, 3.63) is 81.9 Å². The Morgan fingerprint density at radius 2 is 1.64 bits per heavy atom. The highest BCUT2D eigenvalue weighted by molar-refractivity contribution is 5.94. The fourth-order valence-corrected chi connectivity index (χ4v) is 7.07. The first-order valence-corrected chi connectivity index (χ1v) is 19.3. The van der Waals surface area contributed by atoms with E-state index in [1.165, 1.54) is 24.1 Å². The number of carbonyl (C=O) groups is 6. The molecule has 4 unspecified atom stereocenters. The molecule has 0 saturated carbocycles. The number of aryl methyl sites for hydroxylation is 1. The SMILES string of the molecule is C=C(C)C(NC(C)=O)C(=O)NC(C)C(CCCNC(N)=O)C(C)C(=O)Nc1ccc(COC(=O)N2CCN(c3cc4c(cc3F)c(=O)c(C(=O)O)cn4CC)CC2)cc1. The molecule has 2 aromatic carbocycles. The van der Waals surface area contributed by atoms with Crippen molar-refractivity contribution < 1.29 is 43.0 Å². The first-order chi connectivity index (χ1) is 27.9. The number of aromatic nitrogens is 1. The van der Waals surface area contributed by atoms with Crippen LogP contribution in [0.1, 0.15) is 63.4 Å². The Morgan fingerprint density at radius 1 is 0.983 bits per heavy atom. The monoisotopic (exact) mass is 820 g/mol. The number of halogens is 1. The molecule has 1 fully saturated rings. The van der Waals surface area contributed by atoms with Crippen LogP contribution in [0.2, 0.25) is 0 Å². The lowest BCUT2D eigenvalue weighted by atomic mass is 9.83. The zero-order valence-electron chi connectivity index (χ0n) is 33.9. The van der Waals surface area contributed by atoms with Gasteiger partial charge < -0.3 is 51.2 Å². The average Bonchev–Trinajstić information content (AvgIpc) is 3.19. The second-order valence-corrected chi connectivity index (χ2v) is 14.7. The number of piperazine rings is 1. The molecule has 318 valence electrons. The van der Waals surface area contributed by atoms with Gasteiger partial charge in [-0.2, -0.15) is 0 Å². The van der Waals surface area contributed by atoms with Crippen LogP contribution in [0.15, 0.2) is 59.5 Å². The van der Waals surface area contributed by atoms with E-state index in [-0.39, 0.29) is 62.2 Å². The fourth-order valence-electron chi connectivity index (χ4n) is 7.07. The lowest BCUT2D eigenvalue weighted by Crippen LogP contribution is -2.52. The minimum absolute atomic E-state index is 0.0248. The molecule has 0 aliphatic carbocycles. The molecule has 4 atom stereocenters. The van der Waals surface area contributed by atoms with Gasteiger partial charge in [-0.15, -0.1) is 0 Å². The molecule has 1 aliphatic heterocycles. The van der Waals surface area contributed by atoms with E-state index in [0.29, 0.717) is 41.7 Å². The van der Waals surface area contributed by atoms with Crippen molar-refractivity contribution in [3.63, 3.8) is 0 Å². The van der Waals surface area contributed by atoms with E-state index < -0.39 is 64.7 Å². The number of fused-ring (bicyclic) bond motifs is 1. The minimum atomic E-state index is -1.39. The van der Waals surface area contributed by atoms with Gasteiger partial charge >= 0.3 is 18.1 Å². The van der Waals surface area contributed by atoms with Crippen LogP contribution in [0.4, 0.5) is 25.4 Å². The zero-order valence-corrected chi connectivity index (χ0v) is 33.9. The summed E-state index contributed by atoms with van der Waals surface area (Å²) in [5.74, 6) is -4.21. The third kappa shape index (κ3) is 11.8. The molecule has 6 amide bonds. The third-order valence-electron chi connectivity index (χ3n) is 10.4. The smallest absolute Gasteiger partial charge is 0.410 e. The van der Waals surface area contributed by atoms with Crippen LogP contribution in [-0.2, 0) is 32.3 Å². The van der Waals surface area contributed by atoms with Crippen molar-refractivity contribution in [1.82, 2.24) is 25.4 Å². The maximum absolute atomic E-state index is 15.3. The summed E-state index contributed by atoms with van der Waals surface area (Å²) in [6.07, 6.45) is 1.63. The van der Waals surface area contributed by atoms with Crippen LogP contribution in [0.5, 0.6) is 0 Å². The largest absolute Gasteiger partial charge is 0.477 e. The van der Waals surface area contributed by atoms with E-state index in [9.17, 15) is 38.7 Å². The standard InChI is InChI=1S/C41H53FN8O9/c1-7-48-21-31(39(55)56)36(52)30-19-32(42)34(20-33(30)48)49-15-17-50(18-16-49)41(58)59-22-27-10-12-28(13-11-27)47-37(53)24(4)29(9-8-14-44-40(43)57)25(5)45-38(54)35(23(2)3)46-26(6)51/h10-13,19-21,24-25,29,35H,2,7-9,14-18,22H2,1,3-6H3,(H,45,54)(H,46,51)(H,47,53)(H,55,56)(H3,43,44,57). The maximum atomic E-state index is 15.3. The number of amides is 6. The van der Waals surface area contributed by atoms with Crippen LogP contribution in [-0.4, -0.2) is 95.2 Å². The van der Waals surface area contributed by atoms with Crippen molar-refractivity contribution >= 4 is 58.1 Å². The Kier molecular flexibility index (Phi) is 15.6. The molecule has 1 aliphatic rings. The highest BCUT2D eigenvalue weighted by Gasteiger charge is 2.32. The molecule has 0 radical (unpaired) electrons. The van der Waals surface area contributed by atoms with E-state index >= 15 is 4.39 Å². The van der Waals surface area contributed by atoms with E-state index in [1.807, 2.05) is 0 Å². The Labute approximate surface area is 341 Å². The summed E-state index contributed by atoms with van der Waals surface area (Å²) in [5, 5.41) is 20.3. The lowest BCUT2D eigenvalue weighted by Gasteiger charge is -2.35. The Bertz CT molecular complexity index is 2130. The number of carboxylic acids is 1. The average molecular weight is 821 g/mol. The molecule has 18 heteroatoms. The summed E-state index contributed by atoms with van der Waals surface area (Å²) in [7, 11) is 0. The van der Waals surface area contributed by atoms with Crippen LogP contribution >= 0.6 is 0 Å².